The Morgan fingerprint density at radius 3 is 2.95 bits per heavy atom. The average Bonchev–Trinajstić information content (AvgIpc) is 2.92. The normalized spacial score (nSPS) is 10.5. The summed E-state index contributed by atoms with van der Waals surface area (Å²) in [6, 6.07) is 3.86. The third-order valence-corrected chi connectivity index (χ3v) is 2.78. The zero-order chi connectivity index (χ0) is 14.9. The lowest BCUT2D eigenvalue weighted by molar-refractivity contribution is -0.115. The number of amides is 1. The van der Waals surface area contributed by atoms with E-state index in [1.807, 2.05) is 12.1 Å². The van der Waals surface area contributed by atoms with Crippen molar-refractivity contribution in [1.82, 2.24) is 20.1 Å². The summed E-state index contributed by atoms with van der Waals surface area (Å²) >= 11 is 0. The molecule has 0 saturated heterocycles. The molecule has 1 amide bonds. The predicted octanol–water partition coefficient (Wildman–Crippen LogP) is 0.501. The number of nitrogens with one attached hydrogen (secondary N) is 2. The quantitative estimate of drug-likeness (QED) is 0.692. The molecule has 7 nitrogen and oxygen atoms in total. The predicted molar refractivity (Wildman–Crippen MR) is 78.9 cm³/mol. The highest BCUT2D eigenvalue weighted by Gasteiger charge is 2.04. The van der Waals surface area contributed by atoms with Crippen LogP contribution in [0.25, 0.3) is 0 Å². The van der Waals surface area contributed by atoms with E-state index in [1.165, 1.54) is 0 Å². The fourth-order valence-corrected chi connectivity index (χ4v) is 1.77. The molecule has 0 saturated carbocycles. The molecule has 21 heavy (non-hydrogen) atoms. The average molecular weight is 289 g/mol. The minimum absolute atomic E-state index is 0.102. The van der Waals surface area contributed by atoms with Crippen LogP contribution in [0.4, 0.5) is 5.69 Å². The molecule has 2 N–H and O–H groups in total. The molecule has 2 aromatic heterocycles. The van der Waals surface area contributed by atoms with E-state index < -0.39 is 0 Å². The molecule has 0 aromatic carbocycles. The van der Waals surface area contributed by atoms with Crippen LogP contribution < -0.4 is 10.6 Å². The lowest BCUT2D eigenvalue weighted by Gasteiger charge is -2.04. The third kappa shape index (κ3) is 5.33. The van der Waals surface area contributed by atoms with E-state index in [2.05, 4.69) is 20.7 Å². The number of ether oxygens (including phenoxy) is 1. The van der Waals surface area contributed by atoms with E-state index in [0.29, 0.717) is 25.4 Å². The van der Waals surface area contributed by atoms with Crippen molar-refractivity contribution in [3.05, 3.63) is 42.5 Å². The van der Waals surface area contributed by atoms with E-state index >= 15 is 0 Å². The number of hydrogen-bond acceptors (Lipinski definition) is 5. The molecule has 0 unspecified atom stereocenters. The van der Waals surface area contributed by atoms with Crippen LogP contribution in [-0.2, 0) is 16.1 Å². The van der Waals surface area contributed by atoms with Gasteiger partial charge in [0.2, 0.25) is 5.91 Å². The SMILES string of the molecule is COCCNCC(=O)Nc1cnn(Cc2ccncc2)c1. The lowest BCUT2D eigenvalue weighted by atomic mass is 10.3. The molecular weight excluding hydrogens is 270 g/mol. The van der Waals surface area contributed by atoms with Gasteiger partial charge in [-0.15, -0.1) is 0 Å². The standard InChI is InChI=1S/C14H19N5O2/c1-21-7-6-16-9-14(20)18-13-8-17-19(11-13)10-12-2-4-15-5-3-12/h2-5,8,11,16H,6-7,9-10H2,1H3,(H,18,20). The first-order chi connectivity index (χ1) is 10.3. The smallest absolute Gasteiger partial charge is 0.238 e. The summed E-state index contributed by atoms with van der Waals surface area (Å²) in [5.74, 6) is -0.102. The Morgan fingerprint density at radius 2 is 2.19 bits per heavy atom. The third-order valence-electron chi connectivity index (χ3n) is 2.78. The van der Waals surface area contributed by atoms with E-state index in [0.717, 1.165) is 5.56 Å². The zero-order valence-corrected chi connectivity index (χ0v) is 12.0. The second-order valence-corrected chi connectivity index (χ2v) is 4.50. The number of nitrogens with zero attached hydrogens (tertiary/aromatic N) is 3. The summed E-state index contributed by atoms with van der Waals surface area (Å²) in [7, 11) is 1.62. The number of rotatable bonds is 8. The van der Waals surface area contributed by atoms with Gasteiger partial charge < -0.3 is 15.4 Å². The molecule has 0 bridgehead atoms. The summed E-state index contributed by atoms with van der Waals surface area (Å²) in [6.45, 7) is 2.12. The van der Waals surface area contributed by atoms with Gasteiger partial charge in [0.05, 0.1) is 31.6 Å². The largest absolute Gasteiger partial charge is 0.383 e. The van der Waals surface area contributed by atoms with Crippen molar-refractivity contribution in [1.29, 1.82) is 0 Å². The summed E-state index contributed by atoms with van der Waals surface area (Å²) in [6.07, 6.45) is 6.92. The molecule has 2 aromatic rings. The molecule has 0 radical (unpaired) electrons. The van der Waals surface area contributed by atoms with Gasteiger partial charge in [0, 0.05) is 32.2 Å². The van der Waals surface area contributed by atoms with Gasteiger partial charge in [-0.1, -0.05) is 0 Å². The minimum Gasteiger partial charge on any atom is -0.383 e. The minimum atomic E-state index is -0.102. The van der Waals surface area contributed by atoms with Gasteiger partial charge >= 0.3 is 0 Å². The molecule has 0 fully saturated rings. The first kappa shape index (κ1) is 15.1. The van der Waals surface area contributed by atoms with Gasteiger partial charge in [0.15, 0.2) is 0 Å². The maximum absolute atomic E-state index is 11.7. The number of methoxy groups -OCH3 is 1. The van der Waals surface area contributed by atoms with Crippen LogP contribution in [-0.4, -0.2) is 47.5 Å². The van der Waals surface area contributed by atoms with Crippen molar-refractivity contribution in [3.63, 3.8) is 0 Å². The zero-order valence-electron chi connectivity index (χ0n) is 12.0. The first-order valence-electron chi connectivity index (χ1n) is 6.69. The van der Waals surface area contributed by atoms with Crippen molar-refractivity contribution >= 4 is 11.6 Å². The van der Waals surface area contributed by atoms with Gasteiger partial charge in [-0.2, -0.15) is 5.10 Å². The second-order valence-electron chi connectivity index (χ2n) is 4.50. The molecular formula is C14H19N5O2. The maximum atomic E-state index is 11.7. The summed E-state index contributed by atoms with van der Waals surface area (Å²) in [5.41, 5.74) is 1.79. The molecule has 2 heterocycles. The van der Waals surface area contributed by atoms with Gasteiger partial charge in [0.1, 0.15) is 0 Å². The number of hydrogen-bond donors (Lipinski definition) is 2. The number of aromatic nitrogens is 3. The van der Waals surface area contributed by atoms with Crippen LogP contribution in [0.1, 0.15) is 5.56 Å². The fourth-order valence-electron chi connectivity index (χ4n) is 1.77. The topological polar surface area (TPSA) is 81.1 Å². The van der Waals surface area contributed by atoms with Gasteiger partial charge in [0.25, 0.3) is 0 Å². The Hall–Kier alpha value is -2.25. The van der Waals surface area contributed by atoms with E-state index in [1.54, 1.807) is 36.6 Å². The highest BCUT2D eigenvalue weighted by atomic mass is 16.5. The van der Waals surface area contributed by atoms with Crippen LogP contribution in [0.15, 0.2) is 36.9 Å². The second kappa shape index (κ2) is 8.13. The number of carbonyl (C=O) groups is 1. The Labute approximate surface area is 123 Å². The first-order valence-corrected chi connectivity index (χ1v) is 6.69. The Kier molecular flexibility index (Phi) is 5.86. The van der Waals surface area contributed by atoms with Crippen molar-refractivity contribution in [3.8, 4) is 0 Å². The van der Waals surface area contributed by atoms with Gasteiger partial charge in [-0.05, 0) is 17.7 Å². The van der Waals surface area contributed by atoms with Crippen molar-refractivity contribution in [2.24, 2.45) is 0 Å². The van der Waals surface area contributed by atoms with Crippen LogP contribution in [0.3, 0.4) is 0 Å². The number of pyridine rings is 1. The Balaban J connectivity index is 1.79. The van der Waals surface area contributed by atoms with E-state index in [-0.39, 0.29) is 12.5 Å². The molecule has 0 aliphatic rings. The molecule has 0 atom stereocenters. The van der Waals surface area contributed by atoms with Crippen LogP contribution in [0.5, 0.6) is 0 Å². The Morgan fingerprint density at radius 1 is 1.38 bits per heavy atom. The number of anilines is 1. The molecule has 7 heteroatoms. The molecule has 0 spiro atoms. The van der Waals surface area contributed by atoms with Crippen molar-refractivity contribution in [2.75, 3.05) is 32.1 Å². The summed E-state index contributed by atoms with van der Waals surface area (Å²) < 4.78 is 6.66. The summed E-state index contributed by atoms with van der Waals surface area (Å²) in [5, 5.41) is 9.98. The van der Waals surface area contributed by atoms with Gasteiger partial charge in [-0.25, -0.2) is 0 Å². The maximum Gasteiger partial charge on any atom is 0.238 e. The number of carbonyl (C=O) groups excluding carboxylic acids is 1. The van der Waals surface area contributed by atoms with Crippen molar-refractivity contribution < 1.29 is 9.53 Å². The summed E-state index contributed by atoms with van der Waals surface area (Å²) in [4.78, 5) is 15.7. The van der Waals surface area contributed by atoms with Crippen LogP contribution in [0, 0.1) is 0 Å². The Bertz CT molecular complexity index is 556. The van der Waals surface area contributed by atoms with Crippen LogP contribution >= 0.6 is 0 Å². The highest BCUT2D eigenvalue weighted by molar-refractivity contribution is 5.91. The fraction of sp³-hybridized carbons (Fsp3) is 0.357. The highest BCUT2D eigenvalue weighted by Crippen LogP contribution is 2.07. The van der Waals surface area contributed by atoms with E-state index in [4.69, 9.17) is 4.74 Å². The molecule has 112 valence electrons. The van der Waals surface area contributed by atoms with Gasteiger partial charge in [-0.3, -0.25) is 14.5 Å². The molecule has 0 aliphatic heterocycles. The van der Waals surface area contributed by atoms with E-state index in [9.17, 15) is 4.79 Å². The monoisotopic (exact) mass is 289 g/mol. The van der Waals surface area contributed by atoms with Crippen LogP contribution in [0.2, 0.25) is 0 Å². The van der Waals surface area contributed by atoms with Crippen molar-refractivity contribution in [2.45, 2.75) is 6.54 Å². The molecule has 0 aliphatic carbocycles. The molecule has 2 rings (SSSR count). The lowest BCUT2D eigenvalue weighted by Crippen LogP contribution is -2.30.